The first-order chi connectivity index (χ1) is 15.6. The lowest BCUT2D eigenvalue weighted by Crippen LogP contribution is -2.25. The van der Waals surface area contributed by atoms with Crippen molar-refractivity contribution in [2.45, 2.75) is 26.7 Å². The molecule has 0 N–H and O–H groups in total. The Bertz CT molecular complexity index is 1460. The number of rotatable bonds is 4. The van der Waals surface area contributed by atoms with Gasteiger partial charge in [0, 0.05) is 12.8 Å². The van der Waals surface area contributed by atoms with Gasteiger partial charge in [-0.25, -0.2) is 9.97 Å². The Morgan fingerprint density at radius 3 is 1.34 bits per heavy atom. The zero-order chi connectivity index (χ0) is 22.2. The van der Waals surface area contributed by atoms with Gasteiger partial charge in [-0.15, -0.1) is 0 Å². The molecular weight excluding hydrogens is 400 g/mol. The zero-order valence-corrected chi connectivity index (χ0v) is 17.9. The van der Waals surface area contributed by atoms with Crippen LogP contribution in [0.5, 0.6) is 0 Å². The monoisotopic (exact) mass is 422 g/mol. The first-order valence-electron chi connectivity index (χ1n) is 10.7. The summed E-state index contributed by atoms with van der Waals surface area (Å²) in [6, 6.07) is 22.2. The van der Waals surface area contributed by atoms with Gasteiger partial charge in [-0.05, 0) is 48.5 Å². The van der Waals surface area contributed by atoms with Gasteiger partial charge >= 0.3 is 0 Å². The van der Waals surface area contributed by atoms with Gasteiger partial charge in [0.25, 0.3) is 11.1 Å². The smallest absolute Gasteiger partial charge is 0.265 e. The molecule has 0 saturated heterocycles. The predicted molar refractivity (Wildman–Crippen MR) is 127 cm³/mol. The van der Waals surface area contributed by atoms with E-state index in [0.29, 0.717) is 57.7 Å². The Morgan fingerprint density at radius 2 is 0.969 bits per heavy atom. The lowest BCUT2D eigenvalue weighted by molar-refractivity contribution is 0.823. The molecule has 0 fully saturated rings. The number of hydrogen-bond acceptors (Lipinski definition) is 4. The van der Waals surface area contributed by atoms with E-state index in [9.17, 15) is 9.59 Å². The minimum atomic E-state index is -0.0982. The van der Waals surface area contributed by atoms with E-state index in [2.05, 4.69) is 9.97 Å². The number of aryl methyl sites for hydroxylation is 2. The molecule has 5 rings (SSSR count). The fourth-order valence-corrected chi connectivity index (χ4v) is 4.12. The normalized spacial score (nSPS) is 11.3. The molecule has 0 aliphatic heterocycles. The number of fused-ring (bicyclic) bond motifs is 2. The highest BCUT2D eigenvalue weighted by Crippen LogP contribution is 2.18. The van der Waals surface area contributed by atoms with Gasteiger partial charge in [0.05, 0.1) is 33.2 Å². The van der Waals surface area contributed by atoms with Crippen LogP contribution in [0.4, 0.5) is 0 Å². The number of benzene rings is 3. The highest BCUT2D eigenvalue weighted by molar-refractivity contribution is 5.78. The molecule has 2 aromatic heterocycles. The largest absolute Gasteiger partial charge is 0.268 e. The van der Waals surface area contributed by atoms with E-state index in [1.165, 1.54) is 0 Å². The van der Waals surface area contributed by atoms with Crippen molar-refractivity contribution in [1.29, 1.82) is 0 Å². The Labute approximate surface area is 184 Å². The molecule has 0 atom stereocenters. The fraction of sp³-hybridized carbons (Fsp3) is 0.154. The highest BCUT2D eigenvalue weighted by atomic mass is 16.1. The summed E-state index contributed by atoms with van der Waals surface area (Å²) in [6.07, 6.45) is 1.24. The summed E-state index contributed by atoms with van der Waals surface area (Å²) < 4.78 is 3.29. The van der Waals surface area contributed by atoms with Crippen LogP contribution in [0, 0.1) is 0 Å². The van der Waals surface area contributed by atoms with Gasteiger partial charge in [0.15, 0.2) is 0 Å². The second-order valence-electron chi connectivity index (χ2n) is 7.59. The maximum Gasteiger partial charge on any atom is 0.265 e. The maximum atomic E-state index is 13.2. The van der Waals surface area contributed by atoms with Crippen molar-refractivity contribution in [3.63, 3.8) is 0 Å². The molecule has 0 saturated carbocycles. The molecule has 158 valence electrons. The van der Waals surface area contributed by atoms with Crippen LogP contribution < -0.4 is 11.1 Å². The lowest BCUT2D eigenvalue weighted by atomic mass is 10.2. The first-order valence-corrected chi connectivity index (χ1v) is 10.7. The van der Waals surface area contributed by atoms with Gasteiger partial charge < -0.3 is 0 Å². The summed E-state index contributed by atoms with van der Waals surface area (Å²) in [7, 11) is 0. The second kappa shape index (κ2) is 7.89. The van der Waals surface area contributed by atoms with E-state index < -0.39 is 0 Å². The third-order valence-corrected chi connectivity index (χ3v) is 5.69. The van der Waals surface area contributed by atoms with E-state index >= 15 is 0 Å². The van der Waals surface area contributed by atoms with E-state index in [0.717, 1.165) is 0 Å². The van der Waals surface area contributed by atoms with E-state index in [4.69, 9.17) is 0 Å². The van der Waals surface area contributed by atoms with Crippen LogP contribution in [0.3, 0.4) is 0 Å². The molecule has 2 heterocycles. The van der Waals surface area contributed by atoms with Gasteiger partial charge in [0.1, 0.15) is 11.6 Å². The molecule has 0 radical (unpaired) electrons. The Morgan fingerprint density at radius 1 is 0.594 bits per heavy atom. The molecule has 6 nitrogen and oxygen atoms in total. The van der Waals surface area contributed by atoms with E-state index in [1.807, 2.05) is 74.5 Å². The average Bonchev–Trinajstić information content (AvgIpc) is 2.84. The van der Waals surface area contributed by atoms with Crippen molar-refractivity contribution in [2.24, 2.45) is 0 Å². The summed E-state index contributed by atoms with van der Waals surface area (Å²) in [6.45, 7) is 3.96. The van der Waals surface area contributed by atoms with Crippen LogP contribution in [0.1, 0.15) is 25.5 Å². The summed E-state index contributed by atoms with van der Waals surface area (Å²) >= 11 is 0. The van der Waals surface area contributed by atoms with Crippen LogP contribution in [-0.4, -0.2) is 19.1 Å². The van der Waals surface area contributed by atoms with Crippen molar-refractivity contribution in [3.8, 4) is 11.4 Å². The van der Waals surface area contributed by atoms with Crippen LogP contribution in [-0.2, 0) is 12.8 Å². The van der Waals surface area contributed by atoms with Gasteiger partial charge in [0.2, 0.25) is 0 Å². The molecule has 32 heavy (non-hydrogen) atoms. The molecule has 5 aromatic rings. The summed E-state index contributed by atoms with van der Waals surface area (Å²) in [4.78, 5) is 35.8. The molecule has 0 bridgehead atoms. The zero-order valence-electron chi connectivity index (χ0n) is 17.9. The van der Waals surface area contributed by atoms with Gasteiger partial charge in [-0.2, -0.15) is 0 Å². The molecule has 0 amide bonds. The van der Waals surface area contributed by atoms with Gasteiger partial charge in [-0.3, -0.25) is 18.7 Å². The molecule has 0 unspecified atom stereocenters. The second-order valence-corrected chi connectivity index (χ2v) is 7.59. The standard InChI is InChI=1S/C26H22N4O2/c1-3-23-27-21-11-7-5-9-19(21)25(31)29(23)17-13-15-18(16-14-17)30-24(4-2)28-22-12-8-6-10-20(22)26(30)32/h5-16H,3-4H2,1-2H3. The highest BCUT2D eigenvalue weighted by Gasteiger charge is 2.14. The van der Waals surface area contributed by atoms with Gasteiger partial charge in [-0.1, -0.05) is 38.1 Å². The summed E-state index contributed by atoms with van der Waals surface area (Å²) in [5.41, 5.74) is 2.63. The van der Waals surface area contributed by atoms with Crippen molar-refractivity contribution in [3.05, 3.63) is 105 Å². The van der Waals surface area contributed by atoms with Crippen molar-refractivity contribution < 1.29 is 0 Å². The molecule has 0 aliphatic carbocycles. The van der Waals surface area contributed by atoms with Crippen LogP contribution >= 0.6 is 0 Å². The Hall–Kier alpha value is -4.06. The third kappa shape index (κ3) is 3.12. The van der Waals surface area contributed by atoms with Crippen molar-refractivity contribution >= 4 is 21.8 Å². The Kier molecular flexibility index (Phi) is 4.90. The third-order valence-electron chi connectivity index (χ3n) is 5.69. The topological polar surface area (TPSA) is 69.8 Å². The first kappa shape index (κ1) is 19.9. The number of para-hydroxylation sites is 2. The lowest BCUT2D eigenvalue weighted by Gasteiger charge is -2.15. The van der Waals surface area contributed by atoms with E-state index in [1.54, 1.807) is 21.3 Å². The molecule has 6 heteroatoms. The number of hydrogen-bond donors (Lipinski definition) is 0. The maximum absolute atomic E-state index is 13.2. The Balaban J connectivity index is 1.68. The summed E-state index contributed by atoms with van der Waals surface area (Å²) in [5, 5.41) is 1.16. The predicted octanol–water partition coefficient (Wildman–Crippen LogP) is 4.21. The number of nitrogens with zero attached hydrogens (tertiary/aromatic N) is 4. The van der Waals surface area contributed by atoms with Crippen LogP contribution in [0.15, 0.2) is 82.4 Å². The van der Waals surface area contributed by atoms with E-state index in [-0.39, 0.29) is 11.1 Å². The minimum absolute atomic E-state index is 0.0982. The minimum Gasteiger partial charge on any atom is -0.268 e. The number of aromatic nitrogens is 4. The fourth-order valence-electron chi connectivity index (χ4n) is 4.12. The molecular formula is C26H22N4O2. The quantitative estimate of drug-likeness (QED) is 0.435. The van der Waals surface area contributed by atoms with Crippen molar-refractivity contribution in [1.82, 2.24) is 19.1 Å². The van der Waals surface area contributed by atoms with Crippen LogP contribution in [0.25, 0.3) is 33.2 Å². The summed E-state index contributed by atoms with van der Waals surface area (Å²) in [5.74, 6) is 1.39. The van der Waals surface area contributed by atoms with Crippen molar-refractivity contribution in [2.75, 3.05) is 0 Å². The SMILES string of the molecule is CCc1nc2ccccc2c(=O)n1-c1ccc(-n2c(CC)nc3ccccc3c2=O)cc1. The average molecular weight is 422 g/mol. The van der Waals surface area contributed by atoms with Crippen LogP contribution in [0.2, 0.25) is 0 Å². The molecule has 0 spiro atoms. The molecule has 3 aromatic carbocycles. The molecule has 0 aliphatic rings.